The molecule has 6 heterocycles. The van der Waals surface area contributed by atoms with E-state index in [2.05, 4.69) is 144 Å². The van der Waals surface area contributed by atoms with Gasteiger partial charge in [-0.05, 0) is 131 Å². The summed E-state index contributed by atoms with van der Waals surface area (Å²) in [5, 5.41) is 11.0. The molecule has 16 aromatic rings. The van der Waals surface area contributed by atoms with Crippen LogP contribution in [0.25, 0.3) is 148 Å². The van der Waals surface area contributed by atoms with E-state index in [1.807, 2.05) is 42.5 Å². The van der Waals surface area contributed by atoms with Gasteiger partial charge in [-0.3, -0.25) is 0 Å². The summed E-state index contributed by atoms with van der Waals surface area (Å²) in [7, 11) is 0. The molecule has 0 saturated carbocycles. The molecule has 2 aliphatic heterocycles. The van der Waals surface area contributed by atoms with Crippen LogP contribution < -0.4 is 16.4 Å². The minimum atomic E-state index is -0.656. The van der Waals surface area contributed by atoms with Gasteiger partial charge in [-0.15, -0.1) is 0 Å². The molecule has 80 heavy (non-hydrogen) atoms. The number of hydrogen-bond donors (Lipinski definition) is 0. The number of para-hydroxylation sites is 2. The lowest BCUT2D eigenvalue weighted by Gasteiger charge is -2.35. The molecule has 372 valence electrons. The zero-order valence-electron chi connectivity index (χ0n) is 58.4. The number of rotatable bonds is 3. The predicted molar refractivity (Wildman–Crippen MR) is 342 cm³/mol. The van der Waals surface area contributed by atoms with Crippen LogP contribution in [0.2, 0.25) is 0 Å². The summed E-state index contributed by atoms with van der Waals surface area (Å²) in [5.41, 5.74) is 11.8. The maximum absolute atomic E-state index is 9.55. The molecular formula is C76H50BN3. The quantitative estimate of drug-likeness (QED) is 0.157. The highest BCUT2D eigenvalue weighted by molar-refractivity contribution is 7.00. The standard InChI is InChI=1S/C76H50BN3/c1-76(2,3)51-42-62-60-39-48(45-20-7-4-8-21-45)34-36-66(60)79-69-44-68-70(58-32-19-31-57-55-29-16-14-27-53(55)52-26-13-15-28-54(52)56-30-17-18-33-65(56)78(68)72(57)58)75-71(69)77(64(43-51)73(62)79)63-41-50(47-24-11-6-12-25-47)40-61-59-38-49(46-22-9-5-10-23-46)35-37-67(59)80(75)74(61)63/h4-44H,1-3H3/i4D,5D,6D,7D,8D,9D,10D,11D,12D,20D,21D,22D,23D,24D,25D. The topological polar surface area (TPSA) is 14.3 Å². The van der Waals surface area contributed by atoms with Crippen molar-refractivity contribution in [1.82, 2.24) is 13.5 Å². The van der Waals surface area contributed by atoms with Crippen LogP contribution in [0.15, 0.2) is 248 Å². The molecule has 0 spiro atoms. The Balaban J connectivity index is 1.12. The second kappa shape index (κ2) is 15.9. The fraction of sp³-hybridized carbons (Fsp3) is 0.0526. The van der Waals surface area contributed by atoms with Crippen LogP contribution in [0.4, 0.5) is 0 Å². The molecule has 0 aliphatic carbocycles. The highest BCUT2D eigenvalue weighted by Gasteiger charge is 2.43. The zero-order chi connectivity index (χ0) is 65.8. The highest BCUT2D eigenvalue weighted by Crippen LogP contribution is 2.48. The maximum atomic E-state index is 9.55. The summed E-state index contributed by atoms with van der Waals surface area (Å²) in [4.78, 5) is 0. The van der Waals surface area contributed by atoms with Gasteiger partial charge in [0.05, 0.1) is 53.8 Å². The van der Waals surface area contributed by atoms with Crippen molar-refractivity contribution in [2.45, 2.75) is 26.2 Å². The number of fused-ring (bicyclic) bond motifs is 21. The van der Waals surface area contributed by atoms with Crippen molar-refractivity contribution in [2.75, 3.05) is 0 Å². The van der Waals surface area contributed by atoms with Crippen molar-refractivity contribution >= 4 is 126 Å². The van der Waals surface area contributed by atoms with Crippen molar-refractivity contribution in [1.29, 1.82) is 0 Å². The van der Waals surface area contributed by atoms with E-state index >= 15 is 0 Å². The van der Waals surface area contributed by atoms with E-state index in [0.29, 0.717) is 33.0 Å². The molecular weight excluding hydrogens is 966 g/mol. The normalized spacial score (nSPS) is 15.5. The zero-order valence-corrected chi connectivity index (χ0v) is 43.4. The van der Waals surface area contributed by atoms with E-state index in [9.17, 15) is 8.22 Å². The summed E-state index contributed by atoms with van der Waals surface area (Å²) in [6.07, 6.45) is 0. The van der Waals surface area contributed by atoms with E-state index < -0.39 is 66.5 Å². The molecule has 0 N–H and O–H groups in total. The lowest BCUT2D eigenvalue weighted by molar-refractivity contribution is 0.591. The average Bonchev–Trinajstić information content (AvgIpc) is 1.53. The first kappa shape index (κ1) is 32.1. The van der Waals surface area contributed by atoms with Crippen LogP contribution in [-0.4, -0.2) is 20.2 Å². The summed E-state index contributed by atoms with van der Waals surface area (Å²) in [6.45, 7) is 5.81. The van der Waals surface area contributed by atoms with Gasteiger partial charge in [0.2, 0.25) is 0 Å². The fourth-order valence-electron chi connectivity index (χ4n) is 14.0. The third-order valence-corrected chi connectivity index (χ3v) is 17.3. The van der Waals surface area contributed by atoms with Crippen LogP contribution in [0.5, 0.6) is 0 Å². The molecule has 12 aromatic carbocycles. The van der Waals surface area contributed by atoms with Gasteiger partial charge in [0.25, 0.3) is 6.71 Å². The first-order valence-electron chi connectivity index (χ1n) is 34.5. The molecule has 2 aliphatic rings. The molecule has 18 rings (SSSR count). The minimum absolute atomic E-state index is 0.00505. The molecule has 3 nitrogen and oxygen atoms in total. The van der Waals surface area contributed by atoms with E-state index in [0.717, 1.165) is 120 Å². The van der Waals surface area contributed by atoms with E-state index in [1.165, 1.54) is 0 Å². The summed E-state index contributed by atoms with van der Waals surface area (Å²) < 4.78 is 142. The van der Waals surface area contributed by atoms with Crippen molar-refractivity contribution in [3.8, 4) is 44.8 Å². The van der Waals surface area contributed by atoms with Crippen molar-refractivity contribution in [3.63, 3.8) is 0 Å². The highest BCUT2D eigenvalue weighted by atomic mass is 15.0. The third kappa shape index (κ3) is 5.84. The van der Waals surface area contributed by atoms with E-state index in [4.69, 9.17) is 12.3 Å². The van der Waals surface area contributed by atoms with Gasteiger partial charge in [0, 0.05) is 59.8 Å². The largest absolute Gasteiger partial charge is 0.310 e. The fourth-order valence-corrected chi connectivity index (χ4v) is 14.0. The molecule has 0 radical (unpaired) electrons. The lowest BCUT2D eigenvalue weighted by Crippen LogP contribution is -2.59. The Morgan fingerprint density at radius 1 is 0.350 bits per heavy atom. The van der Waals surface area contributed by atoms with Gasteiger partial charge in [-0.25, -0.2) is 0 Å². The first-order valence-corrected chi connectivity index (χ1v) is 27.0. The monoisotopic (exact) mass is 1030 g/mol. The molecule has 0 saturated heterocycles. The summed E-state index contributed by atoms with van der Waals surface area (Å²) in [5.74, 6) is 0. The van der Waals surface area contributed by atoms with Gasteiger partial charge in [0.1, 0.15) is 0 Å². The smallest absolute Gasteiger partial charge is 0.252 e. The number of nitrogens with zero attached hydrogens (tertiary/aromatic N) is 3. The predicted octanol–water partition coefficient (Wildman–Crippen LogP) is 17.9. The van der Waals surface area contributed by atoms with Crippen LogP contribution >= 0.6 is 0 Å². The third-order valence-electron chi connectivity index (χ3n) is 17.3. The molecule has 0 bridgehead atoms. The Hall–Kier alpha value is -9.90. The van der Waals surface area contributed by atoms with Crippen LogP contribution in [-0.2, 0) is 5.41 Å². The number of aromatic nitrogens is 3. The lowest BCUT2D eigenvalue weighted by atomic mass is 9.34. The van der Waals surface area contributed by atoms with Gasteiger partial charge < -0.3 is 13.5 Å². The van der Waals surface area contributed by atoms with Gasteiger partial charge in [0.15, 0.2) is 0 Å². The SMILES string of the molecule is [2H]c1c([2H])c([2H])c(-c2ccc3c(c2)c2cc(C(C)(C)C)cc4c2n3-c2cc3c(c5c2B4c2cc(-c4c([2H])c([2H])c([2H])c([2H])c4[2H])cc4c6cc(-c7c([2H])c([2H])c([2H])c([2H])c7[2H])ccc6n-5c24)c2cccc4c5ccccc5c5ccccc5c5ccccc5n3c42)c([2H])c1[2H]. The molecule has 0 unspecified atom stereocenters. The molecule has 4 aromatic heterocycles. The Bertz CT molecular complexity index is 6330. The Morgan fingerprint density at radius 2 is 0.838 bits per heavy atom. The number of hydrogen-bond acceptors (Lipinski definition) is 0. The van der Waals surface area contributed by atoms with Gasteiger partial charge in [-0.1, -0.05) is 221 Å². The molecule has 0 atom stereocenters. The average molecular weight is 1030 g/mol. The van der Waals surface area contributed by atoms with Crippen LogP contribution in [0.1, 0.15) is 46.9 Å². The Kier molecular flexibility index (Phi) is 6.37. The van der Waals surface area contributed by atoms with Crippen molar-refractivity contribution in [3.05, 3.63) is 254 Å². The van der Waals surface area contributed by atoms with Crippen LogP contribution in [0, 0.1) is 0 Å². The van der Waals surface area contributed by atoms with E-state index in [-0.39, 0.29) is 52.9 Å². The van der Waals surface area contributed by atoms with Gasteiger partial charge >= 0.3 is 0 Å². The van der Waals surface area contributed by atoms with Crippen LogP contribution in [0.3, 0.4) is 0 Å². The summed E-state index contributed by atoms with van der Waals surface area (Å²) >= 11 is 0. The maximum Gasteiger partial charge on any atom is 0.252 e. The molecule has 0 amide bonds. The summed E-state index contributed by atoms with van der Waals surface area (Å²) in [6, 6.07) is 47.6. The molecule has 0 fully saturated rings. The Morgan fingerprint density at radius 3 is 1.46 bits per heavy atom. The van der Waals surface area contributed by atoms with E-state index in [1.54, 1.807) is 6.07 Å². The Labute approximate surface area is 483 Å². The number of benzene rings is 12. The second-order valence-corrected chi connectivity index (χ2v) is 22.4. The second-order valence-electron chi connectivity index (χ2n) is 22.4. The minimum Gasteiger partial charge on any atom is -0.310 e. The van der Waals surface area contributed by atoms with Crippen molar-refractivity contribution < 1.29 is 20.6 Å². The molecule has 4 heteroatoms. The first-order chi connectivity index (χ1) is 45.6. The van der Waals surface area contributed by atoms with Gasteiger partial charge in [-0.2, -0.15) is 0 Å². The van der Waals surface area contributed by atoms with Crippen molar-refractivity contribution in [2.24, 2.45) is 0 Å².